The van der Waals surface area contributed by atoms with Gasteiger partial charge in [0.15, 0.2) is 0 Å². The number of rotatable bonds is 2. The number of carbonyl (C=O) groups excluding carboxylic acids is 1. The maximum absolute atomic E-state index is 12.6. The van der Waals surface area contributed by atoms with Gasteiger partial charge in [-0.05, 0) is 43.2 Å². The van der Waals surface area contributed by atoms with Crippen LogP contribution in [0.25, 0.3) is 5.57 Å². The van der Waals surface area contributed by atoms with Crippen LogP contribution in [0.5, 0.6) is 0 Å². The molecular weight excluding hydrogens is 345 g/mol. The molecule has 1 aromatic heterocycles. The van der Waals surface area contributed by atoms with Gasteiger partial charge in [-0.25, -0.2) is 4.79 Å². The van der Waals surface area contributed by atoms with Crippen LogP contribution in [-0.2, 0) is 6.18 Å². The molecule has 0 fully saturated rings. The summed E-state index contributed by atoms with van der Waals surface area (Å²) < 4.78 is 37.8. The second kappa shape index (κ2) is 7.15. The molecule has 0 saturated heterocycles. The van der Waals surface area contributed by atoms with Crippen molar-refractivity contribution in [1.82, 2.24) is 14.9 Å². The van der Waals surface area contributed by atoms with E-state index >= 15 is 0 Å². The molecule has 5 nitrogen and oxygen atoms in total. The molecule has 8 heteroatoms. The van der Waals surface area contributed by atoms with Crippen molar-refractivity contribution in [1.29, 1.82) is 0 Å². The van der Waals surface area contributed by atoms with E-state index in [4.69, 9.17) is 0 Å². The molecule has 3 rings (SSSR count). The fourth-order valence-electron chi connectivity index (χ4n) is 2.80. The minimum absolute atomic E-state index is 0.0774. The molecule has 0 saturated carbocycles. The number of benzene rings is 1. The van der Waals surface area contributed by atoms with E-state index in [9.17, 15) is 18.0 Å². The lowest BCUT2D eigenvalue weighted by Crippen LogP contribution is -2.43. The van der Waals surface area contributed by atoms with E-state index in [0.29, 0.717) is 18.7 Å². The predicted molar refractivity (Wildman–Crippen MR) is 91.3 cm³/mol. The molecule has 0 spiro atoms. The SMILES string of the molecule is C[C@H]1CC(c2cnccn2)=CCN1C(=O)Nc1ccc(C(F)(F)F)cc1. The maximum atomic E-state index is 12.6. The fourth-order valence-corrected chi connectivity index (χ4v) is 2.80. The molecule has 136 valence electrons. The van der Waals surface area contributed by atoms with Crippen LogP contribution in [0.15, 0.2) is 48.9 Å². The third kappa shape index (κ3) is 4.01. The largest absolute Gasteiger partial charge is 0.416 e. The van der Waals surface area contributed by atoms with Gasteiger partial charge < -0.3 is 10.2 Å². The first kappa shape index (κ1) is 17.9. The second-order valence-electron chi connectivity index (χ2n) is 6.03. The van der Waals surface area contributed by atoms with Crippen LogP contribution in [0.4, 0.5) is 23.7 Å². The van der Waals surface area contributed by atoms with Crippen LogP contribution in [0.3, 0.4) is 0 Å². The highest BCUT2D eigenvalue weighted by Crippen LogP contribution is 2.30. The van der Waals surface area contributed by atoms with Crippen molar-refractivity contribution in [2.45, 2.75) is 25.6 Å². The summed E-state index contributed by atoms with van der Waals surface area (Å²) in [4.78, 5) is 22.4. The Hall–Kier alpha value is -2.90. The van der Waals surface area contributed by atoms with Crippen molar-refractivity contribution >= 4 is 17.3 Å². The normalized spacial score (nSPS) is 17.6. The van der Waals surface area contributed by atoms with Crippen molar-refractivity contribution in [3.8, 4) is 0 Å². The number of carbonyl (C=O) groups is 1. The molecule has 0 unspecified atom stereocenters. The number of alkyl halides is 3. The Morgan fingerprint density at radius 1 is 1.23 bits per heavy atom. The summed E-state index contributed by atoms with van der Waals surface area (Å²) in [7, 11) is 0. The van der Waals surface area contributed by atoms with Gasteiger partial charge in [-0.15, -0.1) is 0 Å². The summed E-state index contributed by atoms with van der Waals surface area (Å²) in [6.07, 6.45) is 3.03. The van der Waals surface area contributed by atoms with E-state index in [-0.39, 0.29) is 12.1 Å². The smallest absolute Gasteiger partial charge is 0.318 e. The van der Waals surface area contributed by atoms with Crippen molar-refractivity contribution in [3.63, 3.8) is 0 Å². The molecule has 1 aliphatic rings. The number of aromatic nitrogens is 2. The number of nitrogens with one attached hydrogen (secondary N) is 1. The van der Waals surface area contributed by atoms with Gasteiger partial charge in [0.2, 0.25) is 0 Å². The van der Waals surface area contributed by atoms with Crippen LogP contribution in [-0.4, -0.2) is 33.5 Å². The summed E-state index contributed by atoms with van der Waals surface area (Å²) in [5.74, 6) is 0. The van der Waals surface area contributed by atoms with E-state index in [1.54, 1.807) is 23.5 Å². The third-order valence-electron chi connectivity index (χ3n) is 4.20. The number of nitrogens with zero attached hydrogens (tertiary/aromatic N) is 3. The van der Waals surface area contributed by atoms with Gasteiger partial charge in [0.25, 0.3) is 0 Å². The monoisotopic (exact) mass is 362 g/mol. The minimum atomic E-state index is -4.40. The molecule has 1 aliphatic heterocycles. The molecule has 2 aromatic rings. The summed E-state index contributed by atoms with van der Waals surface area (Å²) in [5, 5.41) is 2.64. The molecule has 0 aliphatic carbocycles. The van der Waals surface area contributed by atoms with Gasteiger partial charge in [-0.2, -0.15) is 13.2 Å². The Morgan fingerprint density at radius 2 is 1.96 bits per heavy atom. The highest BCUT2D eigenvalue weighted by molar-refractivity contribution is 5.90. The second-order valence-corrected chi connectivity index (χ2v) is 6.03. The molecule has 1 N–H and O–H groups in total. The number of halogens is 3. The van der Waals surface area contributed by atoms with Gasteiger partial charge in [-0.1, -0.05) is 6.08 Å². The first-order chi connectivity index (χ1) is 12.3. The number of urea groups is 1. The summed E-state index contributed by atoms with van der Waals surface area (Å²) in [6.45, 7) is 2.30. The summed E-state index contributed by atoms with van der Waals surface area (Å²) in [5.41, 5.74) is 1.36. The van der Waals surface area contributed by atoms with Gasteiger partial charge in [0.05, 0.1) is 17.5 Å². The predicted octanol–water partition coefficient (Wildman–Crippen LogP) is 4.21. The first-order valence-electron chi connectivity index (χ1n) is 8.05. The molecule has 0 bridgehead atoms. The lowest BCUT2D eigenvalue weighted by molar-refractivity contribution is -0.137. The maximum Gasteiger partial charge on any atom is 0.416 e. The lowest BCUT2D eigenvalue weighted by atomic mass is 9.99. The number of amides is 2. The summed E-state index contributed by atoms with van der Waals surface area (Å²) in [6, 6.07) is 3.95. The highest BCUT2D eigenvalue weighted by Gasteiger charge is 2.30. The Bertz CT molecular complexity index is 803. The van der Waals surface area contributed by atoms with Crippen molar-refractivity contribution in [2.75, 3.05) is 11.9 Å². The molecule has 1 atom stereocenters. The van der Waals surface area contributed by atoms with Crippen LogP contribution in [0, 0.1) is 0 Å². The number of anilines is 1. The van der Waals surface area contributed by atoms with E-state index < -0.39 is 11.7 Å². The molecule has 26 heavy (non-hydrogen) atoms. The third-order valence-corrected chi connectivity index (χ3v) is 4.20. The van der Waals surface area contributed by atoms with E-state index in [2.05, 4.69) is 15.3 Å². The Kier molecular flexibility index (Phi) is 4.92. The fraction of sp³-hybridized carbons (Fsp3) is 0.278. The lowest BCUT2D eigenvalue weighted by Gasteiger charge is -2.32. The van der Waals surface area contributed by atoms with Gasteiger partial charge in [0.1, 0.15) is 0 Å². The molecule has 2 amide bonds. The van der Waals surface area contributed by atoms with Crippen LogP contribution < -0.4 is 5.32 Å². The topological polar surface area (TPSA) is 58.1 Å². The van der Waals surface area contributed by atoms with Crippen molar-refractivity contribution in [3.05, 3.63) is 60.2 Å². The van der Waals surface area contributed by atoms with Gasteiger partial charge in [0, 0.05) is 30.7 Å². The molecule has 0 radical (unpaired) electrons. The molecular formula is C18H17F3N4O. The quantitative estimate of drug-likeness (QED) is 0.871. The van der Waals surface area contributed by atoms with Crippen LogP contribution in [0.2, 0.25) is 0 Å². The zero-order valence-corrected chi connectivity index (χ0v) is 14.0. The average Bonchev–Trinajstić information content (AvgIpc) is 2.62. The standard InChI is InChI=1S/C18H17F3N4O/c1-12-10-13(16-11-22-7-8-23-16)6-9-25(12)17(26)24-15-4-2-14(3-5-15)18(19,20)21/h2-8,11-12H,9-10H2,1H3,(H,24,26)/t12-/m0/s1. The average molecular weight is 362 g/mol. The molecule has 2 heterocycles. The van der Waals surface area contributed by atoms with Crippen LogP contribution in [0.1, 0.15) is 24.6 Å². The number of hydrogen-bond donors (Lipinski definition) is 1. The molecule has 1 aromatic carbocycles. The Balaban J connectivity index is 1.66. The highest BCUT2D eigenvalue weighted by atomic mass is 19.4. The number of hydrogen-bond acceptors (Lipinski definition) is 3. The first-order valence-corrected chi connectivity index (χ1v) is 8.05. The zero-order valence-electron chi connectivity index (χ0n) is 14.0. The zero-order chi connectivity index (χ0) is 18.7. The Morgan fingerprint density at radius 3 is 2.54 bits per heavy atom. The van der Waals surface area contributed by atoms with E-state index in [1.807, 2.05) is 13.0 Å². The van der Waals surface area contributed by atoms with E-state index in [1.165, 1.54) is 12.1 Å². The van der Waals surface area contributed by atoms with Crippen molar-refractivity contribution < 1.29 is 18.0 Å². The van der Waals surface area contributed by atoms with Crippen LogP contribution >= 0.6 is 0 Å². The minimum Gasteiger partial charge on any atom is -0.318 e. The summed E-state index contributed by atoms with van der Waals surface area (Å²) >= 11 is 0. The Labute approximate surface area is 148 Å². The van der Waals surface area contributed by atoms with Gasteiger partial charge >= 0.3 is 12.2 Å². The van der Waals surface area contributed by atoms with E-state index in [0.717, 1.165) is 23.4 Å². The van der Waals surface area contributed by atoms with Crippen molar-refractivity contribution in [2.24, 2.45) is 0 Å². The van der Waals surface area contributed by atoms with Gasteiger partial charge in [-0.3, -0.25) is 9.97 Å².